The number of hydrogen-bond acceptors (Lipinski definition) is 4. The number of carbonyl (C=O) groups excluding carboxylic acids is 3. The van der Waals surface area contributed by atoms with E-state index in [0.717, 1.165) is 41.0 Å². The lowest BCUT2D eigenvalue weighted by molar-refractivity contribution is -0.145. The van der Waals surface area contributed by atoms with Crippen molar-refractivity contribution in [1.29, 1.82) is 0 Å². The molecule has 2 atom stereocenters. The van der Waals surface area contributed by atoms with E-state index in [-0.39, 0.29) is 24.4 Å². The van der Waals surface area contributed by atoms with Crippen LogP contribution in [0.15, 0.2) is 24.3 Å². The second-order valence-electron chi connectivity index (χ2n) is 7.30. The second-order valence-corrected chi connectivity index (χ2v) is 7.30. The molecule has 1 heterocycles. The molecule has 2 unspecified atom stereocenters. The second kappa shape index (κ2) is 7.53. The quantitative estimate of drug-likeness (QED) is 0.597. The SMILES string of the molecule is CC1CCCCC1N1C(=O)C(=O)N(CN(C)Cc2ccc(F)cc2)C1=O. The Labute approximate surface area is 152 Å². The van der Waals surface area contributed by atoms with Gasteiger partial charge in [-0.25, -0.2) is 14.1 Å². The van der Waals surface area contributed by atoms with Crippen LogP contribution in [0, 0.1) is 11.7 Å². The van der Waals surface area contributed by atoms with Crippen LogP contribution in [-0.2, 0) is 16.1 Å². The average molecular weight is 361 g/mol. The smallest absolute Gasteiger partial charge is 0.284 e. The number of rotatable bonds is 5. The number of urea groups is 1. The van der Waals surface area contributed by atoms with E-state index in [1.165, 1.54) is 12.1 Å². The van der Waals surface area contributed by atoms with Gasteiger partial charge in [-0.05, 0) is 43.5 Å². The van der Waals surface area contributed by atoms with Crippen molar-refractivity contribution in [3.63, 3.8) is 0 Å². The molecule has 1 saturated carbocycles. The van der Waals surface area contributed by atoms with Crippen LogP contribution in [0.2, 0.25) is 0 Å². The van der Waals surface area contributed by atoms with Crippen molar-refractivity contribution < 1.29 is 18.8 Å². The number of halogens is 1. The van der Waals surface area contributed by atoms with Gasteiger partial charge in [0.1, 0.15) is 5.82 Å². The van der Waals surface area contributed by atoms with Gasteiger partial charge in [-0.2, -0.15) is 0 Å². The Balaban J connectivity index is 1.67. The summed E-state index contributed by atoms with van der Waals surface area (Å²) in [6.45, 7) is 2.49. The van der Waals surface area contributed by atoms with E-state index < -0.39 is 17.8 Å². The minimum atomic E-state index is -0.765. The topological polar surface area (TPSA) is 60.9 Å². The largest absolute Gasteiger partial charge is 0.335 e. The molecule has 1 aromatic rings. The fourth-order valence-corrected chi connectivity index (χ4v) is 3.81. The molecule has 1 aromatic carbocycles. The molecule has 4 amide bonds. The van der Waals surface area contributed by atoms with Gasteiger partial charge < -0.3 is 0 Å². The molecule has 2 aliphatic rings. The minimum absolute atomic E-state index is 0.0262. The monoisotopic (exact) mass is 361 g/mol. The van der Waals surface area contributed by atoms with Crippen LogP contribution >= 0.6 is 0 Å². The molecule has 1 saturated heterocycles. The zero-order chi connectivity index (χ0) is 18.8. The van der Waals surface area contributed by atoms with E-state index >= 15 is 0 Å². The molecule has 1 aliphatic carbocycles. The van der Waals surface area contributed by atoms with Gasteiger partial charge in [0.15, 0.2) is 0 Å². The van der Waals surface area contributed by atoms with Gasteiger partial charge in [-0.15, -0.1) is 0 Å². The summed E-state index contributed by atoms with van der Waals surface area (Å²) in [7, 11) is 1.75. The summed E-state index contributed by atoms with van der Waals surface area (Å²) >= 11 is 0. The lowest BCUT2D eigenvalue weighted by atomic mass is 9.85. The third-order valence-electron chi connectivity index (χ3n) is 5.23. The summed E-state index contributed by atoms with van der Waals surface area (Å²) in [5, 5.41) is 0. The molecule has 2 fully saturated rings. The molecule has 26 heavy (non-hydrogen) atoms. The van der Waals surface area contributed by atoms with E-state index in [2.05, 4.69) is 0 Å². The lowest BCUT2D eigenvalue weighted by Crippen LogP contribution is -2.46. The molecule has 6 nitrogen and oxygen atoms in total. The summed E-state index contributed by atoms with van der Waals surface area (Å²) in [4.78, 5) is 41.4. The van der Waals surface area contributed by atoms with Gasteiger partial charge in [-0.1, -0.05) is 31.9 Å². The zero-order valence-corrected chi connectivity index (χ0v) is 15.2. The first-order valence-corrected chi connectivity index (χ1v) is 9.00. The highest BCUT2D eigenvalue weighted by molar-refractivity contribution is 6.44. The Kier molecular flexibility index (Phi) is 5.36. The maximum absolute atomic E-state index is 13.0. The van der Waals surface area contributed by atoms with Gasteiger partial charge >= 0.3 is 17.8 Å². The Morgan fingerprint density at radius 1 is 1.08 bits per heavy atom. The van der Waals surface area contributed by atoms with Gasteiger partial charge in [0, 0.05) is 12.6 Å². The number of hydrogen-bond donors (Lipinski definition) is 0. The number of benzene rings is 1. The highest BCUT2D eigenvalue weighted by Crippen LogP contribution is 2.31. The van der Waals surface area contributed by atoms with Crippen molar-refractivity contribution >= 4 is 17.8 Å². The Morgan fingerprint density at radius 3 is 2.38 bits per heavy atom. The molecular weight excluding hydrogens is 337 g/mol. The van der Waals surface area contributed by atoms with Crippen LogP contribution in [0.4, 0.5) is 9.18 Å². The standard InChI is InChI=1S/C19H24FN3O3/c1-13-5-3-4-6-16(13)23-18(25)17(24)22(19(23)26)12-21(2)11-14-7-9-15(20)10-8-14/h7-10,13,16H,3-6,11-12H2,1-2H3. The highest BCUT2D eigenvalue weighted by Gasteiger charge is 2.49. The van der Waals surface area contributed by atoms with Crippen LogP contribution < -0.4 is 0 Å². The molecule has 7 heteroatoms. The van der Waals surface area contributed by atoms with Gasteiger partial charge in [0.2, 0.25) is 0 Å². The van der Waals surface area contributed by atoms with Crippen molar-refractivity contribution in [2.24, 2.45) is 5.92 Å². The van der Waals surface area contributed by atoms with Crippen molar-refractivity contribution in [3.05, 3.63) is 35.6 Å². The number of amides is 4. The Hall–Kier alpha value is -2.28. The van der Waals surface area contributed by atoms with Crippen LogP contribution in [0.5, 0.6) is 0 Å². The molecule has 140 valence electrons. The van der Waals surface area contributed by atoms with E-state index in [1.807, 2.05) is 6.92 Å². The number of imide groups is 2. The number of nitrogens with zero attached hydrogens (tertiary/aromatic N) is 3. The average Bonchev–Trinajstić information content (AvgIpc) is 2.81. The summed E-state index contributed by atoms with van der Waals surface area (Å²) < 4.78 is 13.0. The maximum atomic E-state index is 13.0. The van der Waals surface area contributed by atoms with Crippen molar-refractivity contribution in [1.82, 2.24) is 14.7 Å². The zero-order valence-electron chi connectivity index (χ0n) is 15.2. The molecule has 0 radical (unpaired) electrons. The fraction of sp³-hybridized carbons (Fsp3) is 0.526. The first kappa shape index (κ1) is 18.5. The molecule has 1 aliphatic heterocycles. The normalized spacial score (nSPS) is 24.1. The molecule has 0 bridgehead atoms. The van der Waals surface area contributed by atoms with Crippen molar-refractivity contribution in [3.8, 4) is 0 Å². The van der Waals surface area contributed by atoms with Crippen LogP contribution in [0.3, 0.4) is 0 Å². The summed E-state index contributed by atoms with van der Waals surface area (Å²) in [6.07, 6.45) is 3.77. The highest BCUT2D eigenvalue weighted by atomic mass is 19.1. The predicted octanol–water partition coefficient (Wildman–Crippen LogP) is 2.58. The maximum Gasteiger partial charge on any atom is 0.335 e. The first-order valence-electron chi connectivity index (χ1n) is 9.00. The fourth-order valence-electron chi connectivity index (χ4n) is 3.81. The predicted molar refractivity (Wildman–Crippen MR) is 93.2 cm³/mol. The van der Waals surface area contributed by atoms with Gasteiger partial charge in [-0.3, -0.25) is 19.4 Å². The summed E-state index contributed by atoms with van der Waals surface area (Å²) in [5.41, 5.74) is 0.858. The third-order valence-corrected chi connectivity index (χ3v) is 5.23. The molecule has 3 rings (SSSR count). The molecule has 0 N–H and O–H groups in total. The molecule has 0 spiro atoms. The Morgan fingerprint density at radius 2 is 1.73 bits per heavy atom. The van der Waals surface area contributed by atoms with Crippen LogP contribution in [-0.4, -0.2) is 52.3 Å². The van der Waals surface area contributed by atoms with E-state index in [0.29, 0.717) is 6.54 Å². The van der Waals surface area contributed by atoms with Crippen LogP contribution in [0.25, 0.3) is 0 Å². The minimum Gasteiger partial charge on any atom is -0.284 e. The van der Waals surface area contributed by atoms with E-state index in [4.69, 9.17) is 0 Å². The van der Waals surface area contributed by atoms with Gasteiger partial charge in [0.25, 0.3) is 0 Å². The lowest BCUT2D eigenvalue weighted by Gasteiger charge is -2.34. The van der Waals surface area contributed by atoms with Crippen LogP contribution in [0.1, 0.15) is 38.2 Å². The van der Waals surface area contributed by atoms with Gasteiger partial charge in [0.05, 0.1) is 6.67 Å². The van der Waals surface area contributed by atoms with E-state index in [9.17, 15) is 18.8 Å². The molecular formula is C19H24FN3O3. The molecule has 0 aromatic heterocycles. The third kappa shape index (κ3) is 3.62. The Bertz CT molecular complexity index is 706. The van der Waals surface area contributed by atoms with Crippen molar-refractivity contribution in [2.45, 2.75) is 45.2 Å². The van der Waals surface area contributed by atoms with E-state index in [1.54, 1.807) is 24.1 Å². The number of carbonyl (C=O) groups is 3. The van der Waals surface area contributed by atoms with Crippen molar-refractivity contribution in [2.75, 3.05) is 13.7 Å². The first-order chi connectivity index (χ1) is 12.4. The summed E-state index contributed by atoms with van der Waals surface area (Å²) in [5.74, 6) is -1.59. The summed E-state index contributed by atoms with van der Waals surface area (Å²) in [6, 6.07) is 5.32.